The number of carbonyl (C=O) groups excluding carboxylic acids is 1. The molecule has 0 aromatic rings. The quantitative estimate of drug-likeness (QED) is 0.770. The molecule has 0 heterocycles. The first kappa shape index (κ1) is 13.4. The second-order valence-electron chi connectivity index (χ2n) is 4.19. The standard InChI is InChI=1S/C11H19NO3S/c1-16-7-9(11(14)15)12-10(13)8-5-3-2-4-6-8/h8-9H,2-7H2,1H3,(H,12,13)(H,14,15)/t9-/m0/s1. The fourth-order valence-corrected chi connectivity index (χ4v) is 2.55. The van der Waals surface area contributed by atoms with E-state index in [1.807, 2.05) is 6.26 Å². The molecule has 0 radical (unpaired) electrons. The van der Waals surface area contributed by atoms with Crippen LogP contribution in [0.4, 0.5) is 0 Å². The fourth-order valence-electron chi connectivity index (χ4n) is 2.00. The monoisotopic (exact) mass is 245 g/mol. The highest BCUT2D eigenvalue weighted by Crippen LogP contribution is 2.23. The van der Waals surface area contributed by atoms with Crippen LogP contribution in [-0.2, 0) is 9.59 Å². The number of hydrogen-bond donors (Lipinski definition) is 2. The van der Waals surface area contributed by atoms with Crippen molar-refractivity contribution in [2.75, 3.05) is 12.0 Å². The van der Waals surface area contributed by atoms with Crippen LogP contribution in [0.3, 0.4) is 0 Å². The van der Waals surface area contributed by atoms with E-state index in [0.717, 1.165) is 25.7 Å². The van der Waals surface area contributed by atoms with Crippen molar-refractivity contribution in [3.05, 3.63) is 0 Å². The number of hydrogen-bond acceptors (Lipinski definition) is 3. The zero-order chi connectivity index (χ0) is 12.0. The molecular weight excluding hydrogens is 226 g/mol. The molecular formula is C11H19NO3S. The van der Waals surface area contributed by atoms with Crippen LogP contribution in [0.15, 0.2) is 0 Å². The molecule has 0 aliphatic heterocycles. The molecule has 0 aromatic heterocycles. The van der Waals surface area contributed by atoms with Gasteiger partial charge in [0, 0.05) is 11.7 Å². The van der Waals surface area contributed by atoms with E-state index in [-0.39, 0.29) is 11.8 Å². The summed E-state index contributed by atoms with van der Waals surface area (Å²) in [6, 6.07) is -0.746. The molecule has 1 amide bonds. The van der Waals surface area contributed by atoms with Crippen molar-refractivity contribution in [2.45, 2.75) is 38.1 Å². The Hall–Kier alpha value is -0.710. The van der Waals surface area contributed by atoms with Gasteiger partial charge in [0.1, 0.15) is 6.04 Å². The van der Waals surface area contributed by atoms with E-state index in [4.69, 9.17) is 5.11 Å². The summed E-state index contributed by atoms with van der Waals surface area (Å²) in [7, 11) is 0. The summed E-state index contributed by atoms with van der Waals surface area (Å²) in [4.78, 5) is 22.7. The molecule has 2 N–H and O–H groups in total. The first-order chi connectivity index (χ1) is 7.65. The molecule has 16 heavy (non-hydrogen) atoms. The van der Waals surface area contributed by atoms with E-state index in [1.54, 1.807) is 0 Å². The number of thioether (sulfide) groups is 1. The average molecular weight is 245 g/mol. The van der Waals surface area contributed by atoms with Crippen molar-refractivity contribution in [1.29, 1.82) is 0 Å². The topological polar surface area (TPSA) is 66.4 Å². The number of amides is 1. The van der Waals surface area contributed by atoms with Gasteiger partial charge in [0.25, 0.3) is 0 Å². The molecule has 1 saturated carbocycles. The average Bonchev–Trinajstić information content (AvgIpc) is 2.29. The Balaban J connectivity index is 2.43. The highest BCUT2D eigenvalue weighted by molar-refractivity contribution is 7.98. The number of aliphatic carboxylic acids is 1. The lowest BCUT2D eigenvalue weighted by Crippen LogP contribution is -2.45. The van der Waals surface area contributed by atoms with Crippen LogP contribution < -0.4 is 5.32 Å². The van der Waals surface area contributed by atoms with Crippen molar-refractivity contribution >= 4 is 23.6 Å². The van der Waals surface area contributed by atoms with E-state index in [9.17, 15) is 9.59 Å². The highest BCUT2D eigenvalue weighted by atomic mass is 32.2. The van der Waals surface area contributed by atoms with Crippen molar-refractivity contribution < 1.29 is 14.7 Å². The third-order valence-corrected chi connectivity index (χ3v) is 3.59. The van der Waals surface area contributed by atoms with E-state index in [0.29, 0.717) is 5.75 Å². The number of carboxylic acids is 1. The van der Waals surface area contributed by atoms with Gasteiger partial charge in [-0.2, -0.15) is 11.8 Å². The second kappa shape index (κ2) is 6.78. The molecule has 1 aliphatic rings. The predicted molar refractivity (Wildman–Crippen MR) is 64.5 cm³/mol. The molecule has 1 rings (SSSR count). The molecule has 0 spiro atoms. The molecule has 5 heteroatoms. The van der Waals surface area contributed by atoms with Gasteiger partial charge in [-0.05, 0) is 19.1 Å². The summed E-state index contributed by atoms with van der Waals surface area (Å²) in [6.07, 6.45) is 6.99. The molecule has 0 aromatic carbocycles. The summed E-state index contributed by atoms with van der Waals surface area (Å²) in [6.45, 7) is 0. The van der Waals surface area contributed by atoms with Crippen LogP contribution in [-0.4, -0.2) is 35.0 Å². The smallest absolute Gasteiger partial charge is 0.327 e. The number of carbonyl (C=O) groups is 2. The van der Waals surface area contributed by atoms with Crippen molar-refractivity contribution in [1.82, 2.24) is 5.32 Å². The van der Waals surface area contributed by atoms with Gasteiger partial charge in [0.05, 0.1) is 0 Å². The van der Waals surface area contributed by atoms with Gasteiger partial charge in [-0.15, -0.1) is 0 Å². The first-order valence-corrected chi connectivity index (χ1v) is 7.06. The predicted octanol–water partition coefficient (Wildman–Crippen LogP) is 1.50. The highest BCUT2D eigenvalue weighted by Gasteiger charge is 2.25. The van der Waals surface area contributed by atoms with E-state index < -0.39 is 12.0 Å². The van der Waals surface area contributed by atoms with Gasteiger partial charge in [-0.25, -0.2) is 4.79 Å². The van der Waals surface area contributed by atoms with Crippen LogP contribution in [0, 0.1) is 5.92 Å². The van der Waals surface area contributed by atoms with Gasteiger partial charge in [0.15, 0.2) is 0 Å². The SMILES string of the molecule is CSC[C@H](NC(=O)C1CCCCC1)C(=O)O. The Morgan fingerprint density at radius 3 is 2.50 bits per heavy atom. The van der Waals surface area contributed by atoms with Crippen molar-refractivity contribution in [3.8, 4) is 0 Å². The lowest BCUT2D eigenvalue weighted by Gasteiger charge is -2.22. The van der Waals surface area contributed by atoms with Gasteiger partial charge in [-0.3, -0.25) is 4.79 Å². The molecule has 4 nitrogen and oxygen atoms in total. The minimum atomic E-state index is -0.946. The number of carboxylic acid groups (broad SMARTS) is 1. The molecule has 1 aliphatic carbocycles. The first-order valence-electron chi connectivity index (χ1n) is 5.67. The van der Waals surface area contributed by atoms with Gasteiger partial charge in [-0.1, -0.05) is 19.3 Å². The summed E-state index contributed by atoms with van der Waals surface area (Å²) in [5, 5.41) is 11.6. The minimum absolute atomic E-state index is 0.0254. The van der Waals surface area contributed by atoms with E-state index in [2.05, 4.69) is 5.32 Å². The van der Waals surface area contributed by atoms with Crippen molar-refractivity contribution in [3.63, 3.8) is 0 Å². The maximum absolute atomic E-state index is 11.8. The zero-order valence-electron chi connectivity index (χ0n) is 9.57. The Morgan fingerprint density at radius 2 is 2.00 bits per heavy atom. The molecule has 0 bridgehead atoms. The Morgan fingerprint density at radius 1 is 1.38 bits per heavy atom. The Bertz CT molecular complexity index is 252. The molecule has 0 saturated heterocycles. The van der Waals surface area contributed by atoms with Crippen LogP contribution in [0.5, 0.6) is 0 Å². The van der Waals surface area contributed by atoms with Crippen LogP contribution in [0.1, 0.15) is 32.1 Å². The van der Waals surface area contributed by atoms with Gasteiger partial charge < -0.3 is 10.4 Å². The van der Waals surface area contributed by atoms with Crippen LogP contribution in [0.2, 0.25) is 0 Å². The number of nitrogens with one attached hydrogen (secondary N) is 1. The second-order valence-corrected chi connectivity index (χ2v) is 5.10. The lowest BCUT2D eigenvalue weighted by molar-refractivity contribution is -0.141. The Kier molecular flexibility index (Phi) is 5.66. The third kappa shape index (κ3) is 4.04. The normalized spacial score (nSPS) is 19.1. The molecule has 92 valence electrons. The van der Waals surface area contributed by atoms with Crippen LogP contribution >= 0.6 is 11.8 Å². The third-order valence-electron chi connectivity index (χ3n) is 2.92. The zero-order valence-corrected chi connectivity index (χ0v) is 10.4. The van der Waals surface area contributed by atoms with E-state index >= 15 is 0 Å². The van der Waals surface area contributed by atoms with Gasteiger partial charge in [0.2, 0.25) is 5.91 Å². The van der Waals surface area contributed by atoms with E-state index in [1.165, 1.54) is 18.2 Å². The Labute approximate surface area is 100 Å². The minimum Gasteiger partial charge on any atom is -0.480 e. The van der Waals surface area contributed by atoms with Crippen LogP contribution in [0.25, 0.3) is 0 Å². The molecule has 0 unspecified atom stereocenters. The lowest BCUT2D eigenvalue weighted by atomic mass is 9.88. The van der Waals surface area contributed by atoms with Gasteiger partial charge >= 0.3 is 5.97 Å². The summed E-state index contributed by atoms with van der Waals surface area (Å²) in [5.74, 6) is -0.578. The maximum Gasteiger partial charge on any atom is 0.327 e. The molecule has 1 fully saturated rings. The largest absolute Gasteiger partial charge is 0.480 e. The maximum atomic E-state index is 11.8. The summed E-state index contributed by atoms with van der Waals surface area (Å²) >= 11 is 1.43. The fraction of sp³-hybridized carbons (Fsp3) is 0.818. The molecule has 1 atom stereocenters. The summed E-state index contributed by atoms with van der Waals surface area (Å²) < 4.78 is 0. The summed E-state index contributed by atoms with van der Waals surface area (Å²) in [5.41, 5.74) is 0. The number of rotatable bonds is 5. The van der Waals surface area contributed by atoms with Crippen molar-refractivity contribution in [2.24, 2.45) is 5.92 Å².